The number of unbranched alkanes of at least 4 members (excludes halogenated alkanes) is 1. The molecule has 0 radical (unpaired) electrons. The van der Waals surface area contributed by atoms with Crippen LogP contribution < -0.4 is 5.56 Å². The van der Waals surface area contributed by atoms with E-state index in [1.807, 2.05) is 6.07 Å². The van der Waals surface area contributed by atoms with Gasteiger partial charge in [-0.05, 0) is 6.42 Å². The Morgan fingerprint density at radius 3 is 3.00 bits per heavy atom. The van der Waals surface area contributed by atoms with E-state index < -0.39 is 5.56 Å². The van der Waals surface area contributed by atoms with Crippen molar-refractivity contribution in [3.05, 3.63) is 27.6 Å². The smallest absolute Gasteiger partial charge is 0.292 e. The predicted molar refractivity (Wildman–Crippen MR) is 52.2 cm³/mol. The van der Waals surface area contributed by atoms with E-state index in [9.17, 15) is 4.79 Å². The number of aromatic nitrogens is 1. The van der Waals surface area contributed by atoms with Crippen LogP contribution in [0.2, 0.25) is 5.02 Å². The van der Waals surface area contributed by atoms with Crippen molar-refractivity contribution in [3.8, 4) is 11.8 Å². The Bertz CT molecular complexity index is 420. The van der Waals surface area contributed by atoms with Crippen molar-refractivity contribution >= 4 is 11.6 Å². The summed E-state index contributed by atoms with van der Waals surface area (Å²) in [6.45, 7) is 0.389. The van der Waals surface area contributed by atoms with Gasteiger partial charge in [0.25, 0.3) is 5.56 Å². The lowest BCUT2D eigenvalue weighted by Crippen LogP contribution is -2.18. The monoisotopic (exact) mass is 212 g/mol. The summed E-state index contributed by atoms with van der Waals surface area (Å²) >= 11 is 5.65. The lowest BCUT2D eigenvalue weighted by atomic mass is 10.3. The second-order valence-corrected chi connectivity index (χ2v) is 3.24. The van der Waals surface area contributed by atoms with Crippen molar-refractivity contribution in [1.82, 2.24) is 4.57 Å². The molecule has 0 bridgehead atoms. The summed E-state index contributed by atoms with van der Waals surface area (Å²) < 4.78 is 1.30. The van der Waals surface area contributed by atoms with Crippen LogP contribution in [0.25, 0.3) is 0 Å². The van der Waals surface area contributed by atoms with Crippen LogP contribution in [0.4, 0.5) is 0 Å². The summed E-state index contributed by atoms with van der Waals surface area (Å²) in [4.78, 5) is 11.3. The second kappa shape index (κ2) is 4.68. The number of aromatic hydroxyl groups is 1. The van der Waals surface area contributed by atoms with Gasteiger partial charge in [-0.15, -0.1) is 0 Å². The maximum atomic E-state index is 11.3. The Labute approximate surface area is 86.0 Å². The normalized spacial score (nSPS) is 9.71. The van der Waals surface area contributed by atoms with E-state index in [-0.39, 0.29) is 5.75 Å². The zero-order valence-electron chi connectivity index (χ0n) is 7.40. The number of nitriles is 1. The number of nitrogens with zero attached hydrogens (tertiary/aromatic N) is 2. The molecule has 1 rings (SSSR count). The molecule has 0 atom stereocenters. The van der Waals surface area contributed by atoms with Crippen molar-refractivity contribution in [1.29, 1.82) is 5.26 Å². The molecule has 0 saturated carbocycles. The highest BCUT2D eigenvalue weighted by Gasteiger charge is 2.03. The molecule has 0 aliphatic carbocycles. The Morgan fingerprint density at radius 1 is 1.64 bits per heavy atom. The van der Waals surface area contributed by atoms with E-state index in [4.69, 9.17) is 22.0 Å². The van der Waals surface area contributed by atoms with E-state index in [0.717, 1.165) is 0 Å². The van der Waals surface area contributed by atoms with Crippen molar-refractivity contribution in [2.75, 3.05) is 0 Å². The first-order valence-corrected chi connectivity index (χ1v) is 4.49. The molecule has 4 nitrogen and oxygen atoms in total. The first-order chi connectivity index (χ1) is 6.65. The minimum Gasteiger partial charge on any atom is -0.503 e. The topological polar surface area (TPSA) is 66.0 Å². The fraction of sp³-hybridized carbons (Fsp3) is 0.333. The fourth-order valence-electron chi connectivity index (χ4n) is 1.08. The molecule has 0 aliphatic heterocycles. The zero-order valence-corrected chi connectivity index (χ0v) is 8.16. The summed E-state index contributed by atoms with van der Waals surface area (Å²) in [6.07, 6.45) is 2.39. The molecular formula is C9H9ClN2O2. The molecule has 1 N–H and O–H groups in total. The molecule has 1 aromatic heterocycles. The van der Waals surface area contributed by atoms with E-state index in [1.165, 1.54) is 16.8 Å². The van der Waals surface area contributed by atoms with Crippen LogP contribution in [-0.2, 0) is 6.54 Å². The van der Waals surface area contributed by atoms with Gasteiger partial charge in [-0.2, -0.15) is 5.26 Å². The van der Waals surface area contributed by atoms with Crippen LogP contribution in [-0.4, -0.2) is 9.67 Å². The van der Waals surface area contributed by atoms with Gasteiger partial charge in [0.15, 0.2) is 5.75 Å². The molecule has 0 unspecified atom stereocenters. The Kier molecular flexibility index (Phi) is 3.55. The predicted octanol–water partition coefficient (Wildman–Crippen LogP) is 1.51. The van der Waals surface area contributed by atoms with E-state index in [1.54, 1.807) is 0 Å². The number of rotatable bonds is 3. The quantitative estimate of drug-likeness (QED) is 0.773. The molecule has 14 heavy (non-hydrogen) atoms. The Balaban J connectivity index is 2.87. The van der Waals surface area contributed by atoms with Crippen molar-refractivity contribution in [2.24, 2.45) is 0 Å². The van der Waals surface area contributed by atoms with Crippen molar-refractivity contribution < 1.29 is 5.11 Å². The second-order valence-electron chi connectivity index (χ2n) is 2.80. The molecule has 0 amide bonds. The number of hydrogen-bond acceptors (Lipinski definition) is 3. The summed E-state index contributed by atoms with van der Waals surface area (Å²) in [5.74, 6) is -0.366. The molecule has 0 saturated heterocycles. The fourth-order valence-corrected chi connectivity index (χ4v) is 1.30. The molecule has 1 aromatic rings. The van der Waals surface area contributed by atoms with Gasteiger partial charge in [-0.25, -0.2) is 0 Å². The minimum absolute atomic E-state index is 0.305. The van der Waals surface area contributed by atoms with Gasteiger partial charge in [0.1, 0.15) is 0 Å². The molecule has 1 heterocycles. The Hall–Kier alpha value is -1.47. The molecule has 74 valence electrons. The summed E-state index contributed by atoms with van der Waals surface area (Å²) in [5, 5.41) is 17.8. The average molecular weight is 213 g/mol. The van der Waals surface area contributed by atoms with Gasteiger partial charge in [0, 0.05) is 25.2 Å². The van der Waals surface area contributed by atoms with Crippen LogP contribution >= 0.6 is 11.6 Å². The number of hydrogen-bond donors (Lipinski definition) is 1. The maximum Gasteiger partial charge on any atom is 0.292 e. The molecule has 0 aromatic carbocycles. The van der Waals surface area contributed by atoms with Gasteiger partial charge >= 0.3 is 0 Å². The molecule has 5 heteroatoms. The zero-order chi connectivity index (χ0) is 10.6. The van der Waals surface area contributed by atoms with Crippen LogP contribution in [0.15, 0.2) is 17.1 Å². The van der Waals surface area contributed by atoms with Gasteiger partial charge < -0.3 is 9.67 Å². The minimum atomic E-state index is -0.479. The lowest BCUT2D eigenvalue weighted by molar-refractivity contribution is 0.455. The average Bonchev–Trinajstić information content (AvgIpc) is 2.13. The molecule has 0 spiro atoms. The highest BCUT2D eigenvalue weighted by molar-refractivity contribution is 6.30. The highest BCUT2D eigenvalue weighted by atomic mass is 35.5. The van der Waals surface area contributed by atoms with Crippen LogP contribution in [0, 0.1) is 11.3 Å². The first-order valence-electron chi connectivity index (χ1n) is 4.11. The number of aryl methyl sites for hydroxylation is 1. The molecule has 0 aliphatic rings. The van der Waals surface area contributed by atoms with Crippen molar-refractivity contribution in [3.63, 3.8) is 0 Å². The third kappa shape index (κ3) is 2.51. The first kappa shape index (κ1) is 10.6. The van der Waals surface area contributed by atoms with Crippen LogP contribution in [0.1, 0.15) is 12.8 Å². The lowest BCUT2D eigenvalue weighted by Gasteiger charge is -2.04. The van der Waals surface area contributed by atoms with Gasteiger partial charge in [-0.1, -0.05) is 11.6 Å². The SMILES string of the molecule is N#CCCCn1cc(Cl)cc(O)c1=O. The van der Waals surface area contributed by atoms with Crippen LogP contribution in [0.5, 0.6) is 5.75 Å². The largest absolute Gasteiger partial charge is 0.503 e. The summed E-state index contributed by atoms with van der Waals surface area (Å²) in [5.41, 5.74) is -0.479. The number of halogens is 1. The third-order valence-electron chi connectivity index (χ3n) is 1.72. The summed E-state index contributed by atoms with van der Waals surface area (Å²) in [7, 11) is 0. The standard InChI is InChI=1S/C9H9ClN2O2/c10-7-5-8(13)9(14)12(6-7)4-2-1-3-11/h5-6,13H,1-2,4H2. The van der Waals surface area contributed by atoms with E-state index in [0.29, 0.717) is 24.4 Å². The van der Waals surface area contributed by atoms with Crippen molar-refractivity contribution in [2.45, 2.75) is 19.4 Å². The van der Waals surface area contributed by atoms with E-state index in [2.05, 4.69) is 0 Å². The summed E-state index contributed by atoms with van der Waals surface area (Å²) in [6, 6.07) is 3.17. The third-order valence-corrected chi connectivity index (χ3v) is 1.93. The molecular weight excluding hydrogens is 204 g/mol. The van der Waals surface area contributed by atoms with E-state index >= 15 is 0 Å². The Morgan fingerprint density at radius 2 is 2.36 bits per heavy atom. The van der Waals surface area contributed by atoms with Gasteiger partial charge in [0.2, 0.25) is 0 Å². The molecule has 0 fully saturated rings. The van der Waals surface area contributed by atoms with Gasteiger partial charge in [-0.3, -0.25) is 4.79 Å². The maximum absolute atomic E-state index is 11.3. The van der Waals surface area contributed by atoms with Crippen LogP contribution in [0.3, 0.4) is 0 Å². The highest BCUT2D eigenvalue weighted by Crippen LogP contribution is 2.11. The van der Waals surface area contributed by atoms with Gasteiger partial charge in [0.05, 0.1) is 11.1 Å². The number of pyridine rings is 1.